The fraction of sp³-hybridized carbons (Fsp3) is 0.412. The maximum absolute atomic E-state index is 13.3. The highest BCUT2D eigenvalue weighted by Crippen LogP contribution is 2.40. The van der Waals surface area contributed by atoms with Crippen molar-refractivity contribution in [1.29, 1.82) is 0 Å². The van der Waals surface area contributed by atoms with Crippen LogP contribution in [-0.4, -0.2) is 56.1 Å². The van der Waals surface area contributed by atoms with Gasteiger partial charge in [0.2, 0.25) is 5.91 Å². The van der Waals surface area contributed by atoms with Gasteiger partial charge in [-0.25, -0.2) is 0 Å². The number of benzene rings is 3. The second-order valence-corrected chi connectivity index (χ2v) is 10.1. The predicted octanol–water partition coefficient (Wildman–Crippen LogP) is 6.26. The highest BCUT2D eigenvalue weighted by atomic mass is 16.5. The number of Topliss-reactive ketones (excluding diaryl/α,β-unsaturated/α-hetero) is 1. The molecule has 1 amide bonds. The fourth-order valence-electron chi connectivity index (χ4n) is 5.37. The summed E-state index contributed by atoms with van der Waals surface area (Å²) in [6.07, 6.45) is 1.44. The Morgan fingerprint density at radius 1 is 0.810 bits per heavy atom. The van der Waals surface area contributed by atoms with Crippen LogP contribution in [0.15, 0.2) is 54.6 Å². The molecule has 0 bridgehead atoms. The first kappa shape index (κ1) is 30.9. The van der Waals surface area contributed by atoms with Crippen molar-refractivity contribution in [3.05, 3.63) is 76.9 Å². The molecule has 4 rings (SSSR count). The summed E-state index contributed by atoms with van der Waals surface area (Å²) in [5.74, 6) is 2.70. The topological polar surface area (TPSA) is 86.3 Å². The standard InChI is InChI=1S/C34H42N2O6/c1-6-39-30-14-13-24(18-31(30)40-7-2)17-29-28-21-33(42-9-4)32(41-8-3)20-26(28)15-16-36(29)22-34(38)35-27-12-10-11-25(19-27)23(5)37/h10-14,18-21,29H,6-9,15-17,22H2,1-5H3,(H,35,38)/t29-/m0/s1. The van der Waals surface area contributed by atoms with Gasteiger partial charge in [0.1, 0.15) is 0 Å². The summed E-state index contributed by atoms with van der Waals surface area (Å²) >= 11 is 0. The minimum atomic E-state index is -0.137. The van der Waals surface area contributed by atoms with Gasteiger partial charge in [0.15, 0.2) is 28.8 Å². The van der Waals surface area contributed by atoms with E-state index in [1.165, 1.54) is 12.5 Å². The van der Waals surface area contributed by atoms with Crippen molar-refractivity contribution >= 4 is 17.4 Å². The van der Waals surface area contributed by atoms with Crippen molar-refractivity contribution < 1.29 is 28.5 Å². The average Bonchev–Trinajstić information content (AvgIpc) is 2.96. The normalized spacial score (nSPS) is 14.5. The van der Waals surface area contributed by atoms with Gasteiger partial charge < -0.3 is 24.3 Å². The van der Waals surface area contributed by atoms with Crippen molar-refractivity contribution in [2.24, 2.45) is 0 Å². The van der Waals surface area contributed by atoms with Crippen molar-refractivity contribution in [2.75, 3.05) is 44.8 Å². The monoisotopic (exact) mass is 574 g/mol. The Kier molecular flexibility index (Phi) is 10.8. The Hall–Kier alpha value is -4.04. The Morgan fingerprint density at radius 3 is 2.12 bits per heavy atom. The number of carbonyl (C=O) groups excluding carboxylic acids is 2. The predicted molar refractivity (Wildman–Crippen MR) is 164 cm³/mol. The summed E-state index contributed by atoms with van der Waals surface area (Å²) in [6, 6.07) is 17.2. The molecule has 0 radical (unpaired) electrons. The molecular weight excluding hydrogens is 532 g/mol. The summed E-state index contributed by atoms with van der Waals surface area (Å²) in [5.41, 5.74) is 4.55. The quantitative estimate of drug-likeness (QED) is 0.227. The number of nitrogens with one attached hydrogen (secondary N) is 1. The third kappa shape index (κ3) is 7.62. The summed E-state index contributed by atoms with van der Waals surface area (Å²) in [5, 5.41) is 2.98. The van der Waals surface area contributed by atoms with Crippen LogP contribution in [0.5, 0.6) is 23.0 Å². The summed E-state index contributed by atoms with van der Waals surface area (Å²) in [4.78, 5) is 27.4. The van der Waals surface area contributed by atoms with Crippen molar-refractivity contribution in [3.8, 4) is 23.0 Å². The van der Waals surface area contributed by atoms with Crippen LogP contribution in [0.3, 0.4) is 0 Å². The van der Waals surface area contributed by atoms with E-state index in [1.807, 2.05) is 39.8 Å². The van der Waals surface area contributed by atoms with E-state index < -0.39 is 0 Å². The van der Waals surface area contributed by atoms with E-state index in [-0.39, 0.29) is 24.3 Å². The van der Waals surface area contributed by atoms with Crippen molar-refractivity contribution in [2.45, 2.75) is 53.5 Å². The molecule has 42 heavy (non-hydrogen) atoms. The zero-order valence-electron chi connectivity index (χ0n) is 25.3. The molecule has 0 aromatic heterocycles. The van der Waals surface area contributed by atoms with E-state index in [0.717, 1.165) is 29.0 Å². The maximum Gasteiger partial charge on any atom is 0.238 e. The first-order valence-electron chi connectivity index (χ1n) is 14.8. The molecule has 0 unspecified atom stereocenters. The highest BCUT2D eigenvalue weighted by molar-refractivity contribution is 5.97. The molecule has 0 fully saturated rings. The Bertz CT molecular complexity index is 1390. The van der Waals surface area contributed by atoms with Crippen LogP contribution in [0, 0.1) is 0 Å². The number of anilines is 1. The molecule has 0 spiro atoms. The molecule has 1 aliphatic rings. The minimum Gasteiger partial charge on any atom is -0.490 e. The number of rotatable bonds is 14. The zero-order chi connectivity index (χ0) is 30.1. The second-order valence-electron chi connectivity index (χ2n) is 10.1. The van der Waals surface area contributed by atoms with Gasteiger partial charge in [-0.15, -0.1) is 0 Å². The summed E-state index contributed by atoms with van der Waals surface area (Å²) < 4.78 is 23.6. The van der Waals surface area contributed by atoms with Gasteiger partial charge in [0.05, 0.1) is 33.0 Å². The summed E-state index contributed by atoms with van der Waals surface area (Å²) in [6.45, 7) is 12.4. The van der Waals surface area contributed by atoms with Crippen LogP contribution < -0.4 is 24.3 Å². The maximum atomic E-state index is 13.3. The zero-order valence-corrected chi connectivity index (χ0v) is 25.3. The Morgan fingerprint density at radius 2 is 1.45 bits per heavy atom. The van der Waals surface area contributed by atoms with Gasteiger partial charge in [-0.1, -0.05) is 18.2 Å². The van der Waals surface area contributed by atoms with E-state index in [9.17, 15) is 9.59 Å². The first-order valence-corrected chi connectivity index (χ1v) is 14.8. The molecule has 3 aromatic carbocycles. The third-order valence-electron chi connectivity index (χ3n) is 7.21. The molecule has 1 heterocycles. The van der Waals surface area contributed by atoms with E-state index in [0.29, 0.717) is 62.1 Å². The second kappa shape index (κ2) is 14.7. The Labute approximate surface area is 248 Å². The van der Waals surface area contributed by atoms with Crippen LogP contribution in [0.1, 0.15) is 67.7 Å². The largest absolute Gasteiger partial charge is 0.490 e. The van der Waals surface area contributed by atoms with Crippen LogP contribution >= 0.6 is 0 Å². The number of hydrogen-bond acceptors (Lipinski definition) is 7. The van der Waals surface area contributed by atoms with Crippen molar-refractivity contribution in [3.63, 3.8) is 0 Å². The molecule has 0 saturated carbocycles. The van der Waals surface area contributed by atoms with Gasteiger partial charge in [0, 0.05) is 23.8 Å². The van der Waals surface area contributed by atoms with Crippen LogP contribution in [0.2, 0.25) is 0 Å². The number of amides is 1. The van der Waals surface area contributed by atoms with Crippen LogP contribution in [0.25, 0.3) is 0 Å². The molecular formula is C34H42N2O6. The number of fused-ring (bicyclic) bond motifs is 1. The summed E-state index contributed by atoms with van der Waals surface area (Å²) in [7, 11) is 0. The van der Waals surface area contributed by atoms with Gasteiger partial charge in [0.25, 0.3) is 0 Å². The third-order valence-corrected chi connectivity index (χ3v) is 7.21. The molecule has 1 aliphatic heterocycles. The molecule has 0 aliphatic carbocycles. The van der Waals surface area contributed by atoms with Crippen molar-refractivity contribution in [1.82, 2.24) is 4.90 Å². The molecule has 1 N–H and O–H groups in total. The number of nitrogens with zero attached hydrogens (tertiary/aromatic N) is 1. The lowest BCUT2D eigenvalue weighted by atomic mass is 9.88. The van der Waals surface area contributed by atoms with Gasteiger partial charge in [-0.3, -0.25) is 14.5 Å². The lowest BCUT2D eigenvalue weighted by Gasteiger charge is -2.37. The highest BCUT2D eigenvalue weighted by Gasteiger charge is 2.31. The lowest BCUT2D eigenvalue weighted by molar-refractivity contribution is -0.118. The van der Waals surface area contributed by atoms with Crippen LogP contribution in [-0.2, 0) is 17.6 Å². The van der Waals surface area contributed by atoms with E-state index in [4.69, 9.17) is 18.9 Å². The molecule has 8 nitrogen and oxygen atoms in total. The first-order chi connectivity index (χ1) is 20.4. The number of hydrogen-bond donors (Lipinski definition) is 1. The molecule has 1 atom stereocenters. The minimum absolute atomic E-state index is 0.0444. The van der Waals surface area contributed by atoms with Gasteiger partial charge in [-0.05, 0) is 101 Å². The lowest BCUT2D eigenvalue weighted by Crippen LogP contribution is -2.41. The number of ketones is 1. The Balaban J connectivity index is 1.67. The molecule has 0 saturated heterocycles. The molecule has 224 valence electrons. The van der Waals surface area contributed by atoms with Gasteiger partial charge >= 0.3 is 0 Å². The number of carbonyl (C=O) groups is 2. The SMILES string of the molecule is CCOc1ccc(C[C@H]2c3cc(OCC)c(OCC)cc3CCN2CC(=O)Nc2cccc(C(C)=O)c2)cc1OCC. The van der Waals surface area contributed by atoms with Crippen LogP contribution in [0.4, 0.5) is 5.69 Å². The molecule has 3 aromatic rings. The van der Waals surface area contributed by atoms with Gasteiger partial charge in [-0.2, -0.15) is 0 Å². The van der Waals surface area contributed by atoms with E-state index >= 15 is 0 Å². The fourth-order valence-corrected chi connectivity index (χ4v) is 5.37. The van der Waals surface area contributed by atoms with E-state index in [2.05, 4.69) is 28.4 Å². The van der Waals surface area contributed by atoms with E-state index in [1.54, 1.807) is 24.3 Å². The molecule has 8 heteroatoms. The number of ether oxygens (including phenoxy) is 4. The average molecular weight is 575 g/mol. The smallest absolute Gasteiger partial charge is 0.238 e.